The highest BCUT2D eigenvalue weighted by atomic mass is 32.2. The molecule has 0 saturated carbocycles. The van der Waals surface area contributed by atoms with Crippen molar-refractivity contribution in [2.75, 3.05) is 0 Å². The molecule has 10 rings (SSSR count). The van der Waals surface area contributed by atoms with E-state index in [2.05, 4.69) is 121 Å². The van der Waals surface area contributed by atoms with Crippen molar-refractivity contribution in [1.29, 1.82) is 0 Å². The average Bonchev–Trinajstić information content (AvgIpc) is 3.62. The van der Waals surface area contributed by atoms with Crippen LogP contribution in [0.3, 0.4) is 0 Å². The lowest BCUT2D eigenvalue weighted by Gasteiger charge is -2.21. The summed E-state index contributed by atoms with van der Waals surface area (Å²) in [6, 6.07) is 47.8. The SMILES string of the molecule is c1cc2c3c(cccc3c1)-c1cc(-c3ccc4c(c3)oc3cc(-c5ccc6oc7ccccc7c6c5)ccc34)ccc1S2. The smallest absolute Gasteiger partial charge is 0.136 e. The molecule has 2 aromatic heterocycles. The van der Waals surface area contributed by atoms with E-state index in [0.29, 0.717) is 0 Å². The van der Waals surface area contributed by atoms with Crippen LogP contribution in [0.5, 0.6) is 0 Å². The quantitative estimate of drug-likeness (QED) is 0.208. The summed E-state index contributed by atoms with van der Waals surface area (Å²) in [5.41, 5.74) is 10.8. The van der Waals surface area contributed by atoms with E-state index in [0.717, 1.165) is 60.6 Å². The molecule has 9 aromatic rings. The Hall–Kier alpha value is -5.25. The Labute approximate surface area is 251 Å². The van der Waals surface area contributed by atoms with Gasteiger partial charge in [0.15, 0.2) is 0 Å². The molecule has 0 saturated heterocycles. The molecule has 0 spiro atoms. The van der Waals surface area contributed by atoms with Crippen molar-refractivity contribution >= 4 is 66.4 Å². The number of hydrogen-bond acceptors (Lipinski definition) is 3. The minimum atomic E-state index is 0.895. The van der Waals surface area contributed by atoms with Gasteiger partial charge in [0.2, 0.25) is 0 Å². The topological polar surface area (TPSA) is 26.3 Å². The van der Waals surface area contributed by atoms with Gasteiger partial charge in [-0.15, -0.1) is 0 Å². The maximum Gasteiger partial charge on any atom is 0.136 e. The molecule has 0 radical (unpaired) electrons. The second kappa shape index (κ2) is 8.64. The van der Waals surface area contributed by atoms with Crippen LogP contribution in [0.1, 0.15) is 0 Å². The first-order chi connectivity index (χ1) is 21.3. The fourth-order valence-electron chi connectivity index (χ4n) is 6.79. The van der Waals surface area contributed by atoms with Gasteiger partial charge in [0.25, 0.3) is 0 Å². The molecule has 0 amide bonds. The van der Waals surface area contributed by atoms with Gasteiger partial charge in [0.05, 0.1) is 0 Å². The minimum absolute atomic E-state index is 0.895. The van der Waals surface area contributed by atoms with E-state index in [1.165, 1.54) is 37.3 Å². The van der Waals surface area contributed by atoms with Gasteiger partial charge in [-0.2, -0.15) is 0 Å². The first kappa shape index (κ1) is 23.3. The molecule has 43 heavy (non-hydrogen) atoms. The lowest BCUT2D eigenvalue weighted by atomic mass is 9.94. The lowest BCUT2D eigenvalue weighted by Crippen LogP contribution is -1.93. The van der Waals surface area contributed by atoms with Gasteiger partial charge in [-0.05, 0) is 99.4 Å². The number of hydrogen-bond donors (Lipinski definition) is 0. The summed E-state index contributed by atoms with van der Waals surface area (Å²) in [5, 5.41) is 7.17. The highest BCUT2D eigenvalue weighted by Crippen LogP contribution is 2.49. The first-order valence-electron chi connectivity index (χ1n) is 14.5. The third kappa shape index (κ3) is 3.43. The molecule has 1 aliphatic heterocycles. The predicted octanol–water partition coefficient (Wildman–Crippen LogP) is 12.1. The molecule has 0 unspecified atom stereocenters. The molecule has 1 aliphatic rings. The van der Waals surface area contributed by atoms with E-state index in [9.17, 15) is 0 Å². The van der Waals surface area contributed by atoms with Crippen molar-refractivity contribution in [3.63, 3.8) is 0 Å². The van der Waals surface area contributed by atoms with E-state index in [4.69, 9.17) is 8.83 Å². The van der Waals surface area contributed by atoms with Gasteiger partial charge in [-0.3, -0.25) is 0 Å². The van der Waals surface area contributed by atoms with Gasteiger partial charge in [-0.25, -0.2) is 0 Å². The number of fused-ring (bicyclic) bond motifs is 8. The molecule has 3 heteroatoms. The summed E-state index contributed by atoms with van der Waals surface area (Å²) in [6.07, 6.45) is 0. The fraction of sp³-hybridized carbons (Fsp3) is 0. The Bertz CT molecular complexity index is 2600. The van der Waals surface area contributed by atoms with Gasteiger partial charge in [-0.1, -0.05) is 84.6 Å². The van der Waals surface area contributed by atoms with Crippen LogP contribution in [0.4, 0.5) is 0 Å². The number of benzene rings is 7. The van der Waals surface area contributed by atoms with Crippen LogP contribution >= 0.6 is 11.8 Å². The standard InChI is InChI=1S/C40H22O2S/c1-2-9-34-28(7-1)32-19-24(13-17-35(32)41-34)26-11-15-29-30-16-12-27(22-37(30)42-36(29)21-26)25-14-18-38-33(20-25)31-8-3-5-23-6-4-10-39(43-38)40(23)31/h1-22H. The number of furan rings is 2. The van der Waals surface area contributed by atoms with Crippen LogP contribution in [0, 0.1) is 0 Å². The van der Waals surface area contributed by atoms with Gasteiger partial charge in [0.1, 0.15) is 22.3 Å². The zero-order valence-corrected chi connectivity index (χ0v) is 23.7. The van der Waals surface area contributed by atoms with Crippen LogP contribution in [-0.4, -0.2) is 0 Å². The number of para-hydroxylation sites is 1. The van der Waals surface area contributed by atoms with Gasteiger partial charge < -0.3 is 8.83 Å². The second-order valence-electron chi connectivity index (χ2n) is 11.3. The van der Waals surface area contributed by atoms with Crippen LogP contribution < -0.4 is 0 Å². The van der Waals surface area contributed by atoms with Crippen molar-refractivity contribution in [3.05, 3.63) is 133 Å². The van der Waals surface area contributed by atoms with E-state index < -0.39 is 0 Å². The van der Waals surface area contributed by atoms with Crippen molar-refractivity contribution < 1.29 is 8.83 Å². The summed E-state index contributed by atoms with van der Waals surface area (Å²) in [6.45, 7) is 0. The van der Waals surface area contributed by atoms with Crippen molar-refractivity contribution in [2.45, 2.75) is 9.79 Å². The molecule has 200 valence electrons. The molecular weight excluding hydrogens is 545 g/mol. The fourth-order valence-corrected chi connectivity index (χ4v) is 7.91. The van der Waals surface area contributed by atoms with Crippen LogP contribution in [-0.2, 0) is 0 Å². The van der Waals surface area contributed by atoms with Crippen LogP contribution in [0.15, 0.2) is 152 Å². The second-order valence-corrected chi connectivity index (χ2v) is 12.4. The molecule has 7 aromatic carbocycles. The summed E-state index contributed by atoms with van der Waals surface area (Å²) in [7, 11) is 0. The molecular formula is C40H22O2S. The van der Waals surface area contributed by atoms with E-state index in [1.54, 1.807) is 0 Å². The Balaban J connectivity index is 1.07. The van der Waals surface area contributed by atoms with Crippen LogP contribution in [0.25, 0.3) is 88.0 Å². The van der Waals surface area contributed by atoms with E-state index >= 15 is 0 Å². The Morgan fingerprint density at radius 3 is 1.84 bits per heavy atom. The highest BCUT2D eigenvalue weighted by molar-refractivity contribution is 7.99. The first-order valence-corrected chi connectivity index (χ1v) is 15.3. The maximum atomic E-state index is 6.50. The minimum Gasteiger partial charge on any atom is -0.456 e. The monoisotopic (exact) mass is 566 g/mol. The highest BCUT2D eigenvalue weighted by Gasteiger charge is 2.20. The molecule has 3 heterocycles. The van der Waals surface area contributed by atoms with Crippen molar-refractivity contribution in [1.82, 2.24) is 0 Å². The van der Waals surface area contributed by atoms with E-state index in [-0.39, 0.29) is 0 Å². The zero-order chi connectivity index (χ0) is 28.1. The number of rotatable bonds is 2. The third-order valence-electron chi connectivity index (χ3n) is 8.87. The van der Waals surface area contributed by atoms with Crippen molar-refractivity contribution in [2.24, 2.45) is 0 Å². The summed E-state index contributed by atoms with van der Waals surface area (Å²) in [4.78, 5) is 2.63. The molecule has 0 atom stereocenters. The Kier molecular flexibility index (Phi) is 4.68. The molecule has 0 fully saturated rings. The average molecular weight is 567 g/mol. The maximum absolute atomic E-state index is 6.50. The largest absolute Gasteiger partial charge is 0.456 e. The molecule has 0 aliphatic carbocycles. The Morgan fingerprint density at radius 2 is 1.00 bits per heavy atom. The van der Waals surface area contributed by atoms with Crippen LogP contribution in [0.2, 0.25) is 0 Å². The van der Waals surface area contributed by atoms with Gasteiger partial charge in [0, 0.05) is 36.7 Å². The molecule has 0 N–H and O–H groups in total. The molecule has 0 bridgehead atoms. The summed E-state index contributed by atoms with van der Waals surface area (Å²) in [5.74, 6) is 0. The van der Waals surface area contributed by atoms with Gasteiger partial charge >= 0.3 is 0 Å². The third-order valence-corrected chi connectivity index (χ3v) is 10.0. The zero-order valence-electron chi connectivity index (χ0n) is 22.9. The predicted molar refractivity (Wildman–Crippen MR) is 179 cm³/mol. The summed E-state index contributed by atoms with van der Waals surface area (Å²) >= 11 is 1.86. The molecule has 2 nitrogen and oxygen atoms in total. The van der Waals surface area contributed by atoms with Crippen molar-refractivity contribution in [3.8, 4) is 33.4 Å². The Morgan fingerprint density at radius 1 is 0.372 bits per heavy atom. The summed E-state index contributed by atoms with van der Waals surface area (Å²) < 4.78 is 12.5. The lowest BCUT2D eigenvalue weighted by molar-refractivity contribution is 0.669. The normalized spacial score (nSPS) is 12.6. The van der Waals surface area contributed by atoms with E-state index in [1.807, 2.05) is 23.9 Å².